The number of benzene rings is 1. The lowest BCUT2D eigenvalue weighted by Gasteiger charge is -2.35. The van der Waals surface area contributed by atoms with E-state index < -0.39 is 0 Å². The van der Waals surface area contributed by atoms with Crippen LogP contribution in [0.4, 0.5) is 5.95 Å². The van der Waals surface area contributed by atoms with Crippen molar-refractivity contribution in [1.29, 1.82) is 0 Å². The maximum Gasteiger partial charge on any atom is 0.236 e. The molecule has 1 fully saturated rings. The molecule has 8 heteroatoms. The Labute approximate surface area is 183 Å². The Bertz CT molecular complexity index is 869. The molecule has 2 aliphatic rings. The molecule has 2 aromatic rings. The molecule has 3 heterocycles. The van der Waals surface area contributed by atoms with E-state index in [2.05, 4.69) is 40.1 Å². The molecule has 166 valence electrons. The molecule has 1 aromatic carbocycles. The molecule has 1 N–H and O–H groups in total. The van der Waals surface area contributed by atoms with Crippen LogP contribution in [0.2, 0.25) is 0 Å². The molecule has 31 heavy (non-hydrogen) atoms. The summed E-state index contributed by atoms with van der Waals surface area (Å²) in [5.74, 6) is 2.74. The molecule has 0 bridgehead atoms. The van der Waals surface area contributed by atoms with Gasteiger partial charge in [-0.25, -0.2) is 9.97 Å². The highest BCUT2D eigenvalue weighted by Crippen LogP contribution is 2.34. The average Bonchev–Trinajstić information content (AvgIpc) is 3.04. The zero-order valence-electron chi connectivity index (χ0n) is 18.3. The number of fused-ring (bicyclic) bond motifs is 1. The standard InChI is InChI=1S/C23H31N5O3/c1-17(2)22(18-5-6-19-20(15-18)31-14-4-13-30-19)26-16-21(29)27-9-11-28(12-10-27)23-24-7-3-8-25-23/h3,5-8,15,17,22,26H,4,9-14,16H2,1-2H3/t22-/m0/s1. The number of carbonyl (C=O) groups excluding carboxylic acids is 1. The number of carbonyl (C=O) groups is 1. The molecular weight excluding hydrogens is 394 g/mol. The van der Waals surface area contributed by atoms with Gasteiger partial charge in [-0.2, -0.15) is 0 Å². The molecule has 0 unspecified atom stereocenters. The van der Waals surface area contributed by atoms with Crippen LogP contribution in [-0.2, 0) is 4.79 Å². The van der Waals surface area contributed by atoms with Gasteiger partial charge in [-0.05, 0) is 29.7 Å². The van der Waals surface area contributed by atoms with Gasteiger partial charge in [0.1, 0.15) is 0 Å². The number of ether oxygens (including phenoxy) is 2. The van der Waals surface area contributed by atoms with Crippen LogP contribution in [0.5, 0.6) is 11.5 Å². The minimum absolute atomic E-state index is 0.0557. The van der Waals surface area contributed by atoms with Gasteiger partial charge < -0.3 is 24.6 Å². The molecule has 1 atom stereocenters. The lowest BCUT2D eigenvalue weighted by molar-refractivity contribution is -0.130. The summed E-state index contributed by atoms with van der Waals surface area (Å²) in [6.45, 7) is 8.79. The van der Waals surface area contributed by atoms with E-state index in [4.69, 9.17) is 9.47 Å². The van der Waals surface area contributed by atoms with E-state index in [0.717, 1.165) is 42.5 Å². The van der Waals surface area contributed by atoms with E-state index in [1.807, 2.05) is 23.1 Å². The summed E-state index contributed by atoms with van der Waals surface area (Å²) < 4.78 is 11.6. The van der Waals surface area contributed by atoms with Gasteiger partial charge in [-0.1, -0.05) is 19.9 Å². The van der Waals surface area contributed by atoms with Crippen molar-refractivity contribution in [1.82, 2.24) is 20.2 Å². The summed E-state index contributed by atoms with van der Waals surface area (Å²) in [7, 11) is 0. The number of hydrogen-bond acceptors (Lipinski definition) is 7. The summed E-state index contributed by atoms with van der Waals surface area (Å²) in [5.41, 5.74) is 1.11. The summed E-state index contributed by atoms with van der Waals surface area (Å²) in [6.07, 6.45) is 4.37. The fourth-order valence-electron chi connectivity index (χ4n) is 4.03. The summed E-state index contributed by atoms with van der Waals surface area (Å²) >= 11 is 0. The molecule has 0 radical (unpaired) electrons. The number of piperazine rings is 1. The highest BCUT2D eigenvalue weighted by atomic mass is 16.5. The van der Waals surface area contributed by atoms with Crippen molar-refractivity contribution in [2.24, 2.45) is 5.92 Å². The normalized spacial score (nSPS) is 17.4. The maximum absolute atomic E-state index is 12.8. The molecule has 0 spiro atoms. The van der Waals surface area contributed by atoms with Gasteiger partial charge in [0.25, 0.3) is 0 Å². The molecule has 4 rings (SSSR count). The predicted octanol–water partition coefficient (Wildman–Crippen LogP) is 2.27. The van der Waals surface area contributed by atoms with Crippen molar-refractivity contribution in [3.05, 3.63) is 42.2 Å². The lowest BCUT2D eigenvalue weighted by Crippen LogP contribution is -2.51. The van der Waals surface area contributed by atoms with Crippen LogP contribution in [0.1, 0.15) is 31.9 Å². The van der Waals surface area contributed by atoms with E-state index >= 15 is 0 Å². The number of hydrogen-bond donors (Lipinski definition) is 1. The first-order valence-corrected chi connectivity index (χ1v) is 11.0. The number of aromatic nitrogens is 2. The molecule has 8 nitrogen and oxygen atoms in total. The third kappa shape index (κ3) is 5.25. The summed E-state index contributed by atoms with van der Waals surface area (Å²) in [5, 5.41) is 3.47. The van der Waals surface area contributed by atoms with Gasteiger partial charge in [-0.15, -0.1) is 0 Å². The van der Waals surface area contributed by atoms with E-state index in [1.54, 1.807) is 12.4 Å². The molecule has 1 amide bonds. The molecule has 0 saturated carbocycles. The Balaban J connectivity index is 1.33. The van der Waals surface area contributed by atoms with Crippen molar-refractivity contribution in [2.45, 2.75) is 26.3 Å². The highest BCUT2D eigenvalue weighted by molar-refractivity contribution is 5.78. The first-order valence-electron chi connectivity index (χ1n) is 11.0. The minimum atomic E-state index is 0.0557. The van der Waals surface area contributed by atoms with Crippen LogP contribution in [0, 0.1) is 5.92 Å². The van der Waals surface area contributed by atoms with Crippen LogP contribution in [0.3, 0.4) is 0 Å². The second-order valence-corrected chi connectivity index (χ2v) is 8.28. The third-order valence-electron chi connectivity index (χ3n) is 5.74. The molecule has 0 aliphatic carbocycles. The lowest BCUT2D eigenvalue weighted by atomic mass is 9.95. The second-order valence-electron chi connectivity index (χ2n) is 8.28. The van der Waals surface area contributed by atoms with Crippen LogP contribution >= 0.6 is 0 Å². The first kappa shape index (κ1) is 21.4. The van der Waals surface area contributed by atoms with Gasteiger partial charge in [0, 0.05) is 51.0 Å². The van der Waals surface area contributed by atoms with Gasteiger partial charge in [-0.3, -0.25) is 4.79 Å². The Kier molecular flexibility index (Phi) is 6.86. The Morgan fingerprint density at radius 2 is 1.77 bits per heavy atom. The van der Waals surface area contributed by atoms with Gasteiger partial charge in [0.2, 0.25) is 11.9 Å². The zero-order valence-corrected chi connectivity index (χ0v) is 18.3. The summed E-state index contributed by atoms with van der Waals surface area (Å²) in [4.78, 5) is 25.5. The van der Waals surface area contributed by atoms with Gasteiger partial charge in [0.15, 0.2) is 11.5 Å². The Morgan fingerprint density at radius 1 is 1.06 bits per heavy atom. The molecule has 1 saturated heterocycles. The van der Waals surface area contributed by atoms with Crippen LogP contribution in [-0.4, -0.2) is 66.7 Å². The average molecular weight is 426 g/mol. The zero-order chi connectivity index (χ0) is 21.6. The largest absolute Gasteiger partial charge is 0.490 e. The third-order valence-corrected chi connectivity index (χ3v) is 5.74. The smallest absolute Gasteiger partial charge is 0.236 e. The molecule has 2 aliphatic heterocycles. The van der Waals surface area contributed by atoms with Gasteiger partial charge >= 0.3 is 0 Å². The fraction of sp³-hybridized carbons (Fsp3) is 0.522. The van der Waals surface area contributed by atoms with Crippen LogP contribution in [0.15, 0.2) is 36.7 Å². The van der Waals surface area contributed by atoms with Crippen LogP contribution in [0.25, 0.3) is 0 Å². The topological polar surface area (TPSA) is 79.8 Å². The minimum Gasteiger partial charge on any atom is -0.490 e. The Hall–Kier alpha value is -2.87. The molecule has 1 aromatic heterocycles. The number of anilines is 1. The number of rotatable bonds is 6. The predicted molar refractivity (Wildman–Crippen MR) is 118 cm³/mol. The number of amides is 1. The SMILES string of the molecule is CC(C)[C@H](NCC(=O)N1CCN(c2ncccn2)CC1)c1ccc2c(c1)OCCCO2. The first-order chi connectivity index (χ1) is 15.1. The van der Waals surface area contributed by atoms with E-state index in [1.165, 1.54) is 0 Å². The molecular formula is C23H31N5O3. The van der Waals surface area contributed by atoms with Crippen LogP contribution < -0.4 is 19.7 Å². The summed E-state index contributed by atoms with van der Waals surface area (Å²) in [6, 6.07) is 7.94. The quantitative estimate of drug-likeness (QED) is 0.761. The van der Waals surface area contributed by atoms with Crippen molar-refractivity contribution < 1.29 is 14.3 Å². The van der Waals surface area contributed by atoms with E-state index in [0.29, 0.717) is 38.8 Å². The van der Waals surface area contributed by atoms with Crippen molar-refractivity contribution in [3.63, 3.8) is 0 Å². The second kappa shape index (κ2) is 9.96. The van der Waals surface area contributed by atoms with Crippen molar-refractivity contribution in [3.8, 4) is 11.5 Å². The highest BCUT2D eigenvalue weighted by Gasteiger charge is 2.24. The fourth-order valence-corrected chi connectivity index (χ4v) is 4.03. The van der Waals surface area contributed by atoms with Crippen molar-refractivity contribution >= 4 is 11.9 Å². The van der Waals surface area contributed by atoms with E-state index in [-0.39, 0.29) is 11.9 Å². The van der Waals surface area contributed by atoms with Gasteiger partial charge in [0.05, 0.1) is 19.8 Å². The maximum atomic E-state index is 12.8. The monoisotopic (exact) mass is 425 g/mol. The number of nitrogens with zero attached hydrogens (tertiary/aromatic N) is 4. The number of nitrogens with one attached hydrogen (secondary N) is 1. The Morgan fingerprint density at radius 3 is 2.48 bits per heavy atom. The van der Waals surface area contributed by atoms with E-state index in [9.17, 15) is 4.79 Å². The van der Waals surface area contributed by atoms with Crippen molar-refractivity contribution in [2.75, 3.05) is 50.8 Å².